The van der Waals surface area contributed by atoms with Gasteiger partial charge in [-0.1, -0.05) is 29.8 Å². The van der Waals surface area contributed by atoms with Gasteiger partial charge in [0.15, 0.2) is 6.61 Å². The van der Waals surface area contributed by atoms with Gasteiger partial charge >= 0.3 is 0 Å². The van der Waals surface area contributed by atoms with E-state index < -0.39 is 0 Å². The summed E-state index contributed by atoms with van der Waals surface area (Å²) in [6.45, 7) is 4.93. The molecule has 0 saturated carbocycles. The highest BCUT2D eigenvalue weighted by molar-refractivity contribution is 7.09. The Balaban J connectivity index is 1.25. The number of amides is 2. The van der Waals surface area contributed by atoms with Crippen LogP contribution in [0.15, 0.2) is 47.8 Å². The second-order valence-corrected chi connectivity index (χ2v) is 9.45. The van der Waals surface area contributed by atoms with Gasteiger partial charge in [-0.3, -0.25) is 14.5 Å². The number of hydrogen-bond donors (Lipinski definition) is 0. The van der Waals surface area contributed by atoms with E-state index >= 15 is 0 Å². The molecular weight excluding hydrogens is 460 g/mol. The molecule has 1 aromatic heterocycles. The molecule has 0 radical (unpaired) electrons. The van der Waals surface area contributed by atoms with Crippen LogP contribution in [0.25, 0.3) is 0 Å². The number of ether oxygens (including phenoxy) is 1. The minimum atomic E-state index is -0.119. The number of hydrogen-bond acceptors (Lipinski definition) is 6. The summed E-state index contributed by atoms with van der Waals surface area (Å²) in [4.78, 5) is 35.8. The number of piperazine rings is 1. The van der Waals surface area contributed by atoms with E-state index in [4.69, 9.17) is 16.3 Å². The first-order chi connectivity index (χ1) is 16.0. The van der Waals surface area contributed by atoms with Crippen LogP contribution in [0.3, 0.4) is 0 Å². The highest BCUT2D eigenvalue weighted by atomic mass is 35.5. The van der Waals surface area contributed by atoms with E-state index in [1.165, 1.54) is 11.3 Å². The number of thiazole rings is 1. The van der Waals surface area contributed by atoms with E-state index in [9.17, 15) is 9.59 Å². The molecule has 7 nitrogen and oxygen atoms in total. The summed E-state index contributed by atoms with van der Waals surface area (Å²) >= 11 is 7.71. The van der Waals surface area contributed by atoms with Crippen molar-refractivity contribution >= 4 is 46.1 Å². The number of carbonyl (C=O) groups is 2. The van der Waals surface area contributed by atoms with Crippen LogP contribution in [0.2, 0.25) is 5.02 Å². The zero-order chi connectivity index (χ0) is 22.9. The first-order valence-electron chi connectivity index (χ1n) is 10.8. The van der Waals surface area contributed by atoms with Crippen LogP contribution in [0.5, 0.6) is 5.75 Å². The highest BCUT2D eigenvalue weighted by Gasteiger charge is 2.28. The molecular formula is C24H23ClN4O3S. The quantitative estimate of drug-likeness (QED) is 0.562. The zero-order valence-corrected chi connectivity index (χ0v) is 19.7. The van der Waals surface area contributed by atoms with Crippen LogP contribution in [0.4, 0.5) is 11.4 Å². The fourth-order valence-corrected chi connectivity index (χ4v) is 5.13. The third-order valence-electron chi connectivity index (χ3n) is 5.88. The molecule has 9 heteroatoms. The number of nitrogens with zero attached hydrogens (tertiary/aromatic N) is 4. The lowest BCUT2D eigenvalue weighted by atomic mass is 10.1. The number of rotatable bonds is 4. The average molecular weight is 483 g/mol. The van der Waals surface area contributed by atoms with Gasteiger partial charge in [-0.15, -0.1) is 11.3 Å². The summed E-state index contributed by atoms with van der Waals surface area (Å²) in [5.41, 5.74) is 3.20. The number of aryl methyl sites for hydroxylation is 1. The van der Waals surface area contributed by atoms with Crippen molar-refractivity contribution in [3.05, 3.63) is 69.1 Å². The largest absolute Gasteiger partial charge is 0.482 e. The van der Waals surface area contributed by atoms with E-state index in [1.54, 1.807) is 10.3 Å². The fourth-order valence-electron chi connectivity index (χ4n) is 4.12. The monoisotopic (exact) mass is 482 g/mol. The molecule has 3 aromatic rings. The van der Waals surface area contributed by atoms with E-state index in [0.717, 1.165) is 27.0 Å². The van der Waals surface area contributed by atoms with E-state index in [0.29, 0.717) is 44.2 Å². The van der Waals surface area contributed by atoms with Gasteiger partial charge in [0.05, 0.1) is 22.9 Å². The highest BCUT2D eigenvalue weighted by Crippen LogP contribution is 2.34. The summed E-state index contributed by atoms with van der Waals surface area (Å²) in [5.74, 6) is 0.483. The number of fused-ring (bicyclic) bond motifs is 1. The predicted octanol–water partition coefficient (Wildman–Crippen LogP) is 3.99. The van der Waals surface area contributed by atoms with Gasteiger partial charge in [-0.25, -0.2) is 4.98 Å². The zero-order valence-electron chi connectivity index (χ0n) is 18.2. The Morgan fingerprint density at radius 3 is 2.70 bits per heavy atom. The Bertz CT molecular complexity index is 1210. The Morgan fingerprint density at radius 1 is 1.12 bits per heavy atom. The van der Waals surface area contributed by atoms with Crippen LogP contribution >= 0.6 is 22.9 Å². The summed E-state index contributed by atoms with van der Waals surface area (Å²) in [5, 5.41) is 3.21. The van der Waals surface area contributed by atoms with Crippen molar-refractivity contribution in [1.82, 2.24) is 9.88 Å². The molecule has 0 spiro atoms. The topological polar surface area (TPSA) is 66.0 Å². The lowest BCUT2D eigenvalue weighted by Gasteiger charge is -2.36. The number of para-hydroxylation sites is 1. The van der Waals surface area contributed by atoms with Crippen LogP contribution in [-0.4, -0.2) is 54.5 Å². The molecule has 5 rings (SSSR count). The smallest absolute Gasteiger partial charge is 0.273 e. The molecule has 33 heavy (non-hydrogen) atoms. The Kier molecular flexibility index (Phi) is 5.95. The molecule has 3 heterocycles. The molecule has 1 saturated heterocycles. The number of aromatic nitrogens is 1. The molecule has 170 valence electrons. The number of halogens is 1. The number of benzene rings is 2. The van der Waals surface area contributed by atoms with E-state index in [1.807, 2.05) is 54.3 Å². The summed E-state index contributed by atoms with van der Waals surface area (Å²) in [6.07, 6.45) is 0. The van der Waals surface area contributed by atoms with Crippen LogP contribution < -0.4 is 14.5 Å². The van der Waals surface area contributed by atoms with Gasteiger partial charge in [0.1, 0.15) is 16.5 Å². The average Bonchev–Trinajstić information content (AvgIpc) is 3.30. The Hall–Kier alpha value is -3.10. The molecule has 0 atom stereocenters. The molecule has 0 bridgehead atoms. The van der Waals surface area contributed by atoms with Crippen LogP contribution in [-0.2, 0) is 11.3 Å². The fraction of sp³-hybridized carbons (Fsp3) is 0.292. The summed E-state index contributed by atoms with van der Waals surface area (Å²) in [7, 11) is 0. The molecule has 1 fully saturated rings. The summed E-state index contributed by atoms with van der Waals surface area (Å²) < 4.78 is 5.55. The Morgan fingerprint density at radius 2 is 1.91 bits per heavy atom. The maximum absolute atomic E-state index is 13.0. The lowest BCUT2D eigenvalue weighted by molar-refractivity contribution is -0.121. The molecule has 2 aliphatic heterocycles. The second kappa shape index (κ2) is 9.03. The number of carbonyl (C=O) groups excluding carboxylic acids is 2. The molecule has 2 aliphatic rings. The Labute approximate surface area is 201 Å². The van der Waals surface area contributed by atoms with Crippen molar-refractivity contribution in [3.63, 3.8) is 0 Å². The van der Waals surface area contributed by atoms with Crippen LogP contribution in [0, 0.1) is 6.92 Å². The maximum atomic E-state index is 13.0. The second-order valence-electron chi connectivity index (χ2n) is 8.10. The van der Waals surface area contributed by atoms with Crippen molar-refractivity contribution in [1.29, 1.82) is 0 Å². The summed E-state index contributed by atoms with van der Waals surface area (Å²) in [6, 6.07) is 13.5. The number of anilines is 2. The van der Waals surface area contributed by atoms with Gasteiger partial charge in [-0.2, -0.15) is 0 Å². The van der Waals surface area contributed by atoms with Gasteiger partial charge < -0.3 is 14.5 Å². The van der Waals surface area contributed by atoms with Gasteiger partial charge in [0.2, 0.25) is 0 Å². The first kappa shape index (κ1) is 21.7. The third-order valence-corrected chi connectivity index (χ3v) is 7.03. The van der Waals surface area contributed by atoms with Crippen molar-refractivity contribution in [2.75, 3.05) is 42.6 Å². The van der Waals surface area contributed by atoms with Gasteiger partial charge in [0, 0.05) is 31.6 Å². The van der Waals surface area contributed by atoms with Gasteiger partial charge in [-0.05, 0) is 36.8 Å². The lowest BCUT2D eigenvalue weighted by Crippen LogP contribution is -2.49. The van der Waals surface area contributed by atoms with Crippen LogP contribution in [0.1, 0.15) is 21.1 Å². The molecule has 0 N–H and O–H groups in total. The first-order valence-corrected chi connectivity index (χ1v) is 12.0. The minimum absolute atomic E-state index is 0.00291. The normalized spacial score (nSPS) is 15.9. The molecule has 0 aliphatic carbocycles. The molecule has 2 amide bonds. The molecule has 0 unspecified atom stereocenters. The predicted molar refractivity (Wildman–Crippen MR) is 130 cm³/mol. The van der Waals surface area contributed by atoms with E-state index in [2.05, 4.69) is 9.88 Å². The van der Waals surface area contributed by atoms with Crippen molar-refractivity contribution in [2.45, 2.75) is 13.5 Å². The standard InChI is InChI=1S/C24H23ClN4O3S/c1-16-6-7-21-20(12-16)29(23(30)14-32-21)13-22-26-18(15-33-22)24(31)28-10-8-27(9-11-28)19-5-3-2-4-17(19)25/h2-7,12,15H,8-11,13-14H2,1H3. The van der Waals surface area contributed by atoms with Crippen molar-refractivity contribution in [2.24, 2.45) is 0 Å². The molecule has 2 aromatic carbocycles. The van der Waals surface area contributed by atoms with Gasteiger partial charge in [0.25, 0.3) is 11.8 Å². The SMILES string of the molecule is Cc1ccc2c(c1)N(Cc1nc(C(=O)N3CCN(c4ccccc4Cl)CC3)cs1)C(=O)CO2. The van der Waals surface area contributed by atoms with Crippen molar-refractivity contribution < 1.29 is 14.3 Å². The minimum Gasteiger partial charge on any atom is -0.482 e. The van der Waals surface area contributed by atoms with E-state index in [-0.39, 0.29) is 18.4 Å². The van der Waals surface area contributed by atoms with Crippen molar-refractivity contribution in [3.8, 4) is 5.75 Å². The third kappa shape index (κ3) is 4.41. The maximum Gasteiger partial charge on any atom is 0.273 e.